The van der Waals surface area contributed by atoms with E-state index in [2.05, 4.69) is 5.23 Å². The number of ether oxygens (including phenoxy) is 2. The molecule has 2 amide bonds. The van der Waals surface area contributed by atoms with Crippen LogP contribution in [-0.4, -0.2) is 74.0 Å². The molecule has 2 atom stereocenters. The molecule has 1 aliphatic heterocycles. The van der Waals surface area contributed by atoms with Gasteiger partial charge in [0, 0.05) is 26.1 Å². The molecule has 0 bridgehead atoms. The van der Waals surface area contributed by atoms with Gasteiger partial charge in [0.2, 0.25) is 5.53 Å². The van der Waals surface area contributed by atoms with Crippen molar-refractivity contribution >= 4 is 38.8 Å². The van der Waals surface area contributed by atoms with Crippen LogP contribution in [0.1, 0.15) is 40.5 Å². The van der Waals surface area contributed by atoms with Crippen LogP contribution in [0.5, 0.6) is 0 Å². The fourth-order valence-corrected chi connectivity index (χ4v) is 5.20. The predicted octanol–water partition coefficient (Wildman–Crippen LogP) is 0.423. The van der Waals surface area contributed by atoms with E-state index in [1.165, 1.54) is 6.92 Å². The number of nitrogens with zero attached hydrogens (tertiary/aromatic N) is 1. The van der Waals surface area contributed by atoms with Gasteiger partial charge in [-0.25, -0.2) is 4.79 Å². The van der Waals surface area contributed by atoms with E-state index in [1.54, 1.807) is 20.8 Å². The minimum Gasteiger partial charge on any atom is -0.342 e. The Bertz CT molecular complexity index is 638. The molecule has 11 nitrogen and oxygen atoms in total. The lowest BCUT2D eigenvalue weighted by Crippen LogP contribution is -2.48. The van der Waals surface area contributed by atoms with Crippen molar-refractivity contribution in [1.29, 1.82) is 0 Å². The van der Waals surface area contributed by atoms with Crippen LogP contribution in [0.2, 0.25) is 0 Å². The van der Waals surface area contributed by atoms with E-state index in [4.69, 9.17) is 18.8 Å². The highest BCUT2D eigenvalue weighted by Crippen LogP contribution is 2.60. The fraction of sp³-hybridized carbons (Fsp3) is 0.750. The third-order valence-electron chi connectivity index (χ3n) is 4.04. The number of amides is 2. The van der Waals surface area contributed by atoms with Crippen molar-refractivity contribution in [3.8, 4) is 0 Å². The first-order valence-electron chi connectivity index (χ1n) is 9.30. The second-order valence-electron chi connectivity index (χ2n) is 6.05. The molecule has 1 fully saturated rings. The molecule has 1 unspecified atom stereocenters. The summed E-state index contributed by atoms with van der Waals surface area (Å²) in [4.78, 5) is 51.6. The molecular formula is C16H27BN2O9P. The maximum absolute atomic E-state index is 13.7. The highest BCUT2D eigenvalue weighted by atomic mass is 31.2. The lowest BCUT2D eigenvalue weighted by atomic mass is 9.97. The number of hydrogen-bond acceptors (Lipinski definition) is 10. The summed E-state index contributed by atoms with van der Waals surface area (Å²) in [5, 5.41) is 2.83. The molecule has 0 saturated carbocycles. The molecule has 163 valence electrons. The third kappa shape index (κ3) is 6.45. The standard InChI is InChI=1S/C16H27BN2O9P/c1-5-25-16(4,26-6-2)29(24,27-7-3)10-12(18-17-11-20)15(23)28-19-13(21)8-9-14(19)22/h11-12,18H,5-10H2,1-4H3/t12-,29?/m0/s1. The molecule has 1 aliphatic rings. The number of hydroxylamine groups is 2. The lowest BCUT2D eigenvalue weighted by Gasteiger charge is -2.37. The topological polar surface area (TPSA) is 138 Å². The van der Waals surface area contributed by atoms with Gasteiger partial charge in [-0.05, 0) is 27.7 Å². The average Bonchev–Trinajstić information content (AvgIpc) is 2.97. The van der Waals surface area contributed by atoms with Crippen LogP contribution in [0.25, 0.3) is 0 Å². The number of carbonyl (C=O) groups is 4. The maximum atomic E-state index is 13.7. The Kier molecular flexibility index (Phi) is 10.1. The summed E-state index contributed by atoms with van der Waals surface area (Å²) in [7, 11) is -2.92. The first-order chi connectivity index (χ1) is 13.7. The quantitative estimate of drug-likeness (QED) is 0.135. The zero-order chi connectivity index (χ0) is 22.1. The molecule has 1 saturated heterocycles. The maximum Gasteiger partial charge on any atom is 0.349 e. The van der Waals surface area contributed by atoms with Gasteiger partial charge in [0.05, 0.1) is 19.0 Å². The number of nitrogens with one attached hydrogen (secondary N) is 1. The second kappa shape index (κ2) is 11.6. The summed E-state index contributed by atoms with van der Waals surface area (Å²) in [5.41, 5.74) is -1.66. The van der Waals surface area contributed by atoms with Crippen molar-refractivity contribution in [2.24, 2.45) is 0 Å². The van der Waals surface area contributed by atoms with Crippen LogP contribution >= 0.6 is 7.37 Å². The van der Waals surface area contributed by atoms with Crippen LogP contribution in [-0.2, 0) is 42.6 Å². The minimum atomic E-state index is -3.83. The van der Waals surface area contributed by atoms with Crippen molar-refractivity contribution in [2.75, 3.05) is 26.0 Å². The zero-order valence-corrected chi connectivity index (χ0v) is 17.9. The van der Waals surface area contributed by atoms with Gasteiger partial charge in [0.1, 0.15) is 6.04 Å². The second-order valence-corrected chi connectivity index (χ2v) is 8.83. The fourth-order valence-electron chi connectivity index (χ4n) is 2.72. The van der Waals surface area contributed by atoms with Crippen molar-refractivity contribution in [1.82, 2.24) is 10.3 Å². The molecule has 1 N–H and O–H groups in total. The normalized spacial score (nSPS) is 17.7. The van der Waals surface area contributed by atoms with Crippen molar-refractivity contribution in [2.45, 2.75) is 52.1 Å². The van der Waals surface area contributed by atoms with Crippen molar-refractivity contribution in [3.63, 3.8) is 0 Å². The highest BCUT2D eigenvalue weighted by molar-refractivity contribution is 7.60. The van der Waals surface area contributed by atoms with E-state index < -0.39 is 42.9 Å². The highest BCUT2D eigenvalue weighted by Gasteiger charge is 2.50. The molecule has 0 aromatic heterocycles. The van der Waals surface area contributed by atoms with Crippen LogP contribution in [0.15, 0.2) is 0 Å². The number of carbonyl (C=O) groups excluding carboxylic acids is 4. The van der Waals surface area contributed by atoms with Crippen LogP contribution in [0.4, 0.5) is 0 Å². The van der Waals surface area contributed by atoms with Gasteiger partial charge in [-0.2, -0.15) is 0 Å². The summed E-state index contributed by atoms with van der Waals surface area (Å²) < 4.78 is 30.3. The predicted molar refractivity (Wildman–Crippen MR) is 102 cm³/mol. The van der Waals surface area contributed by atoms with Gasteiger partial charge < -0.3 is 28.9 Å². The largest absolute Gasteiger partial charge is 0.349 e. The Balaban J connectivity index is 3.14. The summed E-state index contributed by atoms with van der Waals surface area (Å²) in [6.45, 7) is 6.78. The number of rotatable bonds is 14. The molecule has 0 aliphatic carbocycles. The molecular weight excluding hydrogens is 406 g/mol. The number of imide groups is 1. The minimum absolute atomic E-state index is 0.0370. The first-order valence-corrected chi connectivity index (χ1v) is 11.1. The van der Waals surface area contributed by atoms with Gasteiger partial charge in [0.15, 0.2) is 0 Å². The monoisotopic (exact) mass is 433 g/mol. The average molecular weight is 433 g/mol. The van der Waals surface area contributed by atoms with Crippen LogP contribution < -0.4 is 5.23 Å². The van der Waals surface area contributed by atoms with Gasteiger partial charge >= 0.3 is 5.97 Å². The van der Waals surface area contributed by atoms with Crippen molar-refractivity contribution in [3.05, 3.63) is 0 Å². The van der Waals surface area contributed by atoms with E-state index in [-0.39, 0.29) is 32.7 Å². The number of hydrogen-bond donors (Lipinski definition) is 1. The first kappa shape index (κ1) is 25.5. The summed E-state index contributed by atoms with van der Waals surface area (Å²) in [6, 6.07) is -1.38. The van der Waals surface area contributed by atoms with Crippen LogP contribution in [0, 0.1) is 0 Å². The Hall–Kier alpha value is -1.59. The SMILES string of the molecule is CCOC(C)(OCC)P(=O)(C[C@H](N[B]C=O)C(=O)ON1C(=O)CCC1=O)OCC. The Morgan fingerprint density at radius 2 is 1.76 bits per heavy atom. The smallest absolute Gasteiger partial charge is 0.342 e. The van der Waals surface area contributed by atoms with Gasteiger partial charge in [-0.15, -0.1) is 5.06 Å². The third-order valence-corrected chi connectivity index (χ3v) is 7.06. The van der Waals surface area contributed by atoms with Gasteiger partial charge in [-0.1, -0.05) is 0 Å². The molecule has 13 heteroatoms. The molecule has 29 heavy (non-hydrogen) atoms. The van der Waals surface area contributed by atoms with E-state index in [9.17, 15) is 23.7 Å². The zero-order valence-electron chi connectivity index (χ0n) is 17.0. The Morgan fingerprint density at radius 1 is 1.21 bits per heavy atom. The van der Waals surface area contributed by atoms with E-state index in [1.807, 2.05) is 0 Å². The summed E-state index contributed by atoms with van der Waals surface area (Å²) in [6.07, 6.45) is -0.247. The van der Waals surface area contributed by atoms with E-state index in [0.717, 1.165) is 7.41 Å². The molecule has 0 spiro atoms. The van der Waals surface area contributed by atoms with Crippen LogP contribution in [0.3, 0.4) is 0 Å². The molecule has 1 heterocycles. The summed E-state index contributed by atoms with van der Waals surface area (Å²) >= 11 is 0. The molecule has 1 rings (SSSR count). The van der Waals surface area contributed by atoms with Gasteiger partial charge in [-0.3, -0.25) is 14.2 Å². The molecule has 0 aromatic rings. The van der Waals surface area contributed by atoms with Crippen molar-refractivity contribution < 1.29 is 42.6 Å². The van der Waals surface area contributed by atoms with E-state index in [0.29, 0.717) is 11.2 Å². The Labute approximate surface area is 170 Å². The van der Waals surface area contributed by atoms with E-state index >= 15 is 0 Å². The lowest BCUT2D eigenvalue weighted by molar-refractivity contribution is -0.198. The molecule has 0 aromatic carbocycles. The summed E-state index contributed by atoms with van der Waals surface area (Å²) in [5.74, 6) is -2.41. The Morgan fingerprint density at radius 3 is 2.21 bits per heavy atom. The molecule has 1 radical (unpaired) electrons. The van der Waals surface area contributed by atoms with Gasteiger partial charge in [0.25, 0.3) is 26.6 Å².